The quantitative estimate of drug-likeness (QED) is 0.778. The number of Topliss-reactive ketones (excluding diaryl/α,β-unsaturated/α-hetero) is 1. The van der Waals surface area contributed by atoms with Crippen LogP contribution in [0.15, 0.2) is 6.20 Å². The number of carbonyl (C=O) groups excluding carboxylic acids is 1. The number of aromatic nitrogens is 2. The zero-order valence-corrected chi connectivity index (χ0v) is 13.2. The number of nitrogens with zero attached hydrogens (tertiary/aromatic N) is 2. The molecule has 0 N–H and O–H groups in total. The van der Waals surface area contributed by atoms with E-state index in [4.69, 9.17) is 16.3 Å². The van der Waals surface area contributed by atoms with Gasteiger partial charge in [0, 0.05) is 13.2 Å². The molecule has 5 heteroatoms. The number of aryl methyl sites for hydroxylation is 1. The first-order valence-electron chi connectivity index (χ1n) is 7.44. The van der Waals surface area contributed by atoms with E-state index in [-0.39, 0.29) is 5.78 Å². The smallest absolute Gasteiger partial charge is 0.214 e. The van der Waals surface area contributed by atoms with Gasteiger partial charge in [-0.1, -0.05) is 18.5 Å². The molecule has 0 aliphatic heterocycles. The van der Waals surface area contributed by atoms with Crippen molar-refractivity contribution in [2.45, 2.75) is 58.6 Å². The first-order chi connectivity index (χ1) is 9.54. The maximum Gasteiger partial charge on any atom is 0.214 e. The highest BCUT2D eigenvalue weighted by Crippen LogP contribution is 2.38. The standard InChI is InChI=1S/C15H23ClN2O2/c1-4-18-13(12(16)10-17-18)14(19)15(20-5-2)8-6-11(3)7-9-15/h10-11H,4-9H2,1-3H3. The van der Waals surface area contributed by atoms with Gasteiger partial charge in [-0.3, -0.25) is 9.48 Å². The second-order valence-electron chi connectivity index (χ2n) is 5.60. The van der Waals surface area contributed by atoms with Crippen molar-refractivity contribution in [2.24, 2.45) is 5.92 Å². The van der Waals surface area contributed by atoms with Gasteiger partial charge in [0.15, 0.2) is 0 Å². The van der Waals surface area contributed by atoms with Crippen LogP contribution in [0.3, 0.4) is 0 Å². The minimum atomic E-state index is -0.710. The molecule has 1 heterocycles. The Balaban J connectivity index is 2.34. The highest BCUT2D eigenvalue weighted by atomic mass is 35.5. The van der Waals surface area contributed by atoms with Crippen LogP contribution in [0.1, 0.15) is 56.9 Å². The summed E-state index contributed by atoms with van der Waals surface area (Å²) in [4.78, 5) is 13.0. The van der Waals surface area contributed by atoms with E-state index in [0.29, 0.717) is 29.8 Å². The van der Waals surface area contributed by atoms with Crippen LogP contribution in [0.2, 0.25) is 5.02 Å². The van der Waals surface area contributed by atoms with E-state index in [9.17, 15) is 4.79 Å². The third kappa shape index (κ3) is 2.77. The highest BCUT2D eigenvalue weighted by molar-refractivity contribution is 6.34. The third-order valence-corrected chi connectivity index (χ3v) is 4.50. The van der Waals surface area contributed by atoms with E-state index in [1.807, 2.05) is 13.8 Å². The first-order valence-corrected chi connectivity index (χ1v) is 7.82. The Morgan fingerprint density at radius 1 is 1.50 bits per heavy atom. The Hall–Kier alpha value is -0.870. The lowest BCUT2D eigenvalue weighted by atomic mass is 9.76. The van der Waals surface area contributed by atoms with E-state index in [0.717, 1.165) is 25.7 Å². The van der Waals surface area contributed by atoms with Gasteiger partial charge in [-0.2, -0.15) is 5.10 Å². The molecule has 0 saturated heterocycles. The van der Waals surface area contributed by atoms with Crippen LogP contribution in [-0.4, -0.2) is 27.8 Å². The fourth-order valence-corrected chi connectivity index (χ4v) is 3.21. The van der Waals surface area contributed by atoms with Gasteiger partial charge >= 0.3 is 0 Å². The Morgan fingerprint density at radius 3 is 2.70 bits per heavy atom. The molecule has 0 radical (unpaired) electrons. The fraction of sp³-hybridized carbons (Fsp3) is 0.733. The SMILES string of the molecule is CCOC1(C(=O)c2c(Cl)cnn2CC)CCC(C)CC1. The summed E-state index contributed by atoms with van der Waals surface area (Å²) in [6, 6.07) is 0. The monoisotopic (exact) mass is 298 g/mol. The molecule has 0 bridgehead atoms. The second-order valence-corrected chi connectivity index (χ2v) is 6.00. The average molecular weight is 299 g/mol. The molecule has 1 aromatic heterocycles. The molecule has 0 unspecified atom stereocenters. The summed E-state index contributed by atoms with van der Waals surface area (Å²) in [6.07, 6.45) is 5.12. The molecule has 1 aliphatic carbocycles. The van der Waals surface area contributed by atoms with Gasteiger partial charge in [-0.05, 0) is 45.4 Å². The number of ketones is 1. The minimum absolute atomic E-state index is 0.00407. The molecule has 1 aromatic rings. The van der Waals surface area contributed by atoms with Gasteiger partial charge in [0.2, 0.25) is 5.78 Å². The van der Waals surface area contributed by atoms with Crippen LogP contribution in [0.4, 0.5) is 0 Å². The molecule has 2 rings (SSSR count). The number of hydrogen-bond donors (Lipinski definition) is 0. The van der Waals surface area contributed by atoms with Crippen molar-refractivity contribution in [3.05, 3.63) is 16.9 Å². The van der Waals surface area contributed by atoms with E-state index in [1.165, 1.54) is 0 Å². The summed E-state index contributed by atoms with van der Waals surface area (Å²) in [7, 11) is 0. The molecule has 112 valence electrons. The first kappa shape index (κ1) is 15.5. The molecule has 20 heavy (non-hydrogen) atoms. The molecular formula is C15H23ClN2O2. The average Bonchev–Trinajstić information content (AvgIpc) is 2.82. The normalized spacial score (nSPS) is 26.7. The molecule has 0 atom stereocenters. The number of hydrogen-bond acceptors (Lipinski definition) is 3. The van der Waals surface area contributed by atoms with Crippen LogP contribution < -0.4 is 0 Å². The van der Waals surface area contributed by atoms with Crippen molar-refractivity contribution in [1.29, 1.82) is 0 Å². The topological polar surface area (TPSA) is 44.1 Å². The largest absolute Gasteiger partial charge is 0.367 e. The van der Waals surface area contributed by atoms with Crippen molar-refractivity contribution < 1.29 is 9.53 Å². The van der Waals surface area contributed by atoms with Crippen LogP contribution in [0.5, 0.6) is 0 Å². The number of ether oxygens (including phenoxy) is 1. The minimum Gasteiger partial charge on any atom is -0.367 e. The highest BCUT2D eigenvalue weighted by Gasteiger charge is 2.44. The maximum atomic E-state index is 13.0. The van der Waals surface area contributed by atoms with Crippen molar-refractivity contribution in [1.82, 2.24) is 9.78 Å². The third-order valence-electron chi connectivity index (χ3n) is 4.23. The Bertz CT molecular complexity index is 476. The van der Waals surface area contributed by atoms with Gasteiger partial charge in [0.05, 0.1) is 11.2 Å². The van der Waals surface area contributed by atoms with Crippen LogP contribution in [0, 0.1) is 5.92 Å². The molecule has 1 fully saturated rings. The van der Waals surface area contributed by atoms with Crippen LogP contribution in [0.25, 0.3) is 0 Å². The predicted octanol–water partition coefficient (Wildman–Crippen LogP) is 3.72. The zero-order chi connectivity index (χ0) is 14.8. The fourth-order valence-electron chi connectivity index (χ4n) is 2.99. The van der Waals surface area contributed by atoms with E-state index >= 15 is 0 Å². The lowest BCUT2D eigenvalue weighted by molar-refractivity contribution is -0.0479. The summed E-state index contributed by atoms with van der Waals surface area (Å²) < 4.78 is 7.58. The second kappa shape index (κ2) is 6.27. The molecular weight excluding hydrogens is 276 g/mol. The summed E-state index contributed by atoms with van der Waals surface area (Å²) >= 11 is 6.17. The van der Waals surface area contributed by atoms with E-state index in [2.05, 4.69) is 12.0 Å². The molecule has 1 aliphatic rings. The van der Waals surface area contributed by atoms with Crippen molar-refractivity contribution in [3.8, 4) is 0 Å². The summed E-state index contributed by atoms with van der Waals surface area (Å²) in [5.74, 6) is 0.651. The summed E-state index contributed by atoms with van der Waals surface area (Å²) in [5.41, 5.74) is -0.213. The van der Waals surface area contributed by atoms with E-state index in [1.54, 1.807) is 10.9 Å². The number of rotatable bonds is 5. The predicted molar refractivity (Wildman–Crippen MR) is 79.2 cm³/mol. The van der Waals surface area contributed by atoms with Crippen molar-refractivity contribution in [2.75, 3.05) is 6.61 Å². The Kier molecular flexibility index (Phi) is 4.86. The Labute approximate surface area is 125 Å². The molecule has 0 aromatic carbocycles. The summed E-state index contributed by atoms with van der Waals surface area (Å²) in [6.45, 7) is 7.29. The van der Waals surface area contributed by atoms with Crippen LogP contribution >= 0.6 is 11.6 Å². The lowest BCUT2D eigenvalue weighted by Gasteiger charge is -2.37. The lowest BCUT2D eigenvalue weighted by Crippen LogP contribution is -2.45. The van der Waals surface area contributed by atoms with Gasteiger partial charge in [-0.15, -0.1) is 0 Å². The Morgan fingerprint density at radius 2 is 2.15 bits per heavy atom. The van der Waals surface area contributed by atoms with Crippen molar-refractivity contribution in [3.63, 3.8) is 0 Å². The summed E-state index contributed by atoms with van der Waals surface area (Å²) in [5, 5.41) is 4.59. The van der Waals surface area contributed by atoms with Gasteiger partial charge in [0.25, 0.3) is 0 Å². The van der Waals surface area contributed by atoms with Crippen molar-refractivity contribution >= 4 is 17.4 Å². The zero-order valence-electron chi connectivity index (χ0n) is 12.5. The van der Waals surface area contributed by atoms with Gasteiger partial charge in [-0.25, -0.2) is 0 Å². The molecule has 1 saturated carbocycles. The maximum absolute atomic E-state index is 13.0. The van der Waals surface area contributed by atoms with Gasteiger partial charge in [0.1, 0.15) is 11.3 Å². The van der Waals surface area contributed by atoms with Crippen LogP contribution in [-0.2, 0) is 11.3 Å². The van der Waals surface area contributed by atoms with Gasteiger partial charge < -0.3 is 4.74 Å². The molecule has 0 spiro atoms. The number of carbonyl (C=O) groups is 1. The molecule has 4 nitrogen and oxygen atoms in total. The number of halogens is 1. The molecule has 0 amide bonds. The van der Waals surface area contributed by atoms with E-state index < -0.39 is 5.60 Å².